The van der Waals surface area contributed by atoms with E-state index in [4.69, 9.17) is 4.52 Å². The maximum Gasteiger partial charge on any atom is 0.227 e. The van der Waals surface area contributed by atoms with Gasteiger partial charge in [-0.15, -0.1) is 0 Å². The summed E-state index contributed by atoms with van der Waals surface area (Å²) >= 11 is 0. The summed E-state index contributed by atoms with van der Waals surface area (Å²) in [6.07, 6.45) is 2.87. The van der Waals surface area contributed by atoms with Crippen molar-refractivity contribution >= 4 is 0 Å². The summed E-state index contributed by atoms with van der Waals surface area (Å²) in [6.45, 7) is 6.69. The molecule has 2 aromatic rings. The molecule has 5 heteroatoms. The molecule has 0 unspecified atom stereocenters. The van der Waals surface area contributed by atoms with Gasteiger partial charge in [0, 0.05) is 37.9 Å². The van der Waals surface area contributed by atoms with Gasteiger partial charge >= 0.3 is 0 Å². The van der Waals surface area contributed by atoms with E-state index in [-0.39, 0.29) is 0 Å². The van der Waals surface area contributed by atoms with Gasteiger partial charge in [0.2, 0.25) is 5.89 Å². The van der Waals surface area contributed by atoms with Crippen LogP contribution in [0.15, 0.2) is 22.9 Å². The van der Waals surface area contributed by atoms with E-state index in [0.717, 1.165) is 26.1 Å². The number of hydrogen-bond acceptors (Lipinski definition) is 4. The zero-order valence-electron chi connectivity index (χ0n) is 10.3. The highest BCUT2D eigenvalue weighted by atomic mass is 16.5. The monoisotopic (exact) mass is 234 g/mol. The molecule has 5 nitrogen and oxygen atoms in total. The minimum atomic E-state index is 0.694. The topological polar surface area (TPSA) is 55.9 Å². The number of nitrogens with one attached hydrogen (secondary N) is 1. The van der Waals surface area contributed by atoms with Crippen molar-refractivity contribution in [3.63, 3.8) is 0 Å². The van der Waals surface area contributed by atoms with Crippen LogP contribution in [-0.2, 0) is 19.5 Å². The SMILES string of the molecule is CCn1cccc1CNCCc1nc(C)no1. The lowest BCUT2D eigenvalue weighted by molar-refractivity contribution is 0.372. The predicted molar refractivity (Wildman–Crippen MR) is 64.6 cm³/mol. The van der Waals surface area contributed by atoms with E-state index in [1.165, 1.54) is 5.69 Å². The molecule has 2 heterocycles. The maximum absolute atomic E-state index is 5.04. The number of nitrogens with zero attached hydrogens (tertiary/aromatic N) is 3. The molecule has 0 spiro atoms. The Morgan fingerprint density at radius 2 is 2.35 bits per heavy atom. The molecule has 0 radical (unpaired) electrons. The first-order chi connectivity index (χ1) is 8.29. The second-order valence-electron chi connectivity index (χ2n) is 3.95. The summed E-state index contributed by atoms with van der Waals surface area (Å²) in [6, 6.07) is 4.20. The number of hydrogen-bond donors (Lipinski definition) is 1. The first-order valence-corrected chi connectivity index (χ1v) is 5.93. The van der Waals surface area contributed by atoms with E-state index in [2.05, 4.69) is 45.3 Å². The maximum atomic E-state index is 5.04. The molecule has 0 saturated heterocycles. The molecule has 1 N–H and O–H groups in total. The summed E-state index contributed by atoms with van der Waals surface area (Å²) < 4.78 is 7.27. The Kier molecular flexibility index (Phi) is 3.93. The molecule has 0 aromatic carbocycles. The second-order valence-corrected chi connectivity index (χ2v) is 3.95. The fraction of sp³-hybridized carbons (Fsp3) is 0.500. The Balaban J connectivity index is 1.73. The van der Waals surface area contributed by atoms with E-state index in [0.29, 0.717) is 11.7 Å². The third kappa shape index (κ3) is 3.17. The Labute approximate surface area is 101 Å². The van der Waals surface area contributed by atoms with Crippen molar-refractivity contribution in [3.8, 4) is 0 Å². The minimum Gasteiger partial charge on any atom is -0.351 e. The smallest absolute Gasteiger partial charge is 0.227 e. The molecule has 0 atom stereocenters. The van der Waals surface area contributed by atoms with Crippen molar-refractivity contribution in [2.24, 2.45) is 0 Å². The summed E-state index contributed by atoms with van der Waals surface area (Å²) in [5.41, 5.74) is 1.30. The van der Waals surface area contributed by atoms with Crippen LogP contribution in [-0.4, -0.2) is 21.3 Å². The Morgan fingerprint density at radius 3 is 3.06 bits per heavy atom. The van der Waals surface area contributed by atoms with E-state index < -0.39 is 0 Å². The van der Waals surface area contributed by atoms with E-state index in [1.807, 2.05) is 6.92 Å². The van der Waals surface area contributed by atoms with Gasteiger partial charge in [-0.2, -0.15) is 4.98 Å². The summed E-state index contributed by atoms with van der Waals surface area (Å²) in [5.74, 6) is 1.39. The number of aromatic nitrogens is 3. The van der Waals surface area contributed by atoms with Gasteiger partial charge in [0.15, 0.2) is 5.82 Å². The Morgan fingerprint density at radius 1 is 1.47 bits per heavy atom. The average Bonchev–Trinajstić information content (AvgIpc) is 2.93. The fourth-order valence-corrected chi connectivity index (χ4v) is 1.77. The quantitative estimate of drug-likeness (QED) is 0.770. The molecular weight excluding hydrogens is 216 g/mol. The van der Waals surface area contributed by atoms with Crippen LogP contribution in [0.4, 0.5) is 0 Å². The number of aryl methyl sites for hydroxylation is 2. The molecular formula is C12H18N4O. The van der Waals surface area contributed by atoms with Crippen molar-refractivity contribution in [2.45, 2.75) is 33.4 Å². The van der Waals surface area contributed by atoms with Gasteiger partial charge in [0.1, 0.15) is 0 Å². The largest absolute Gasteiger partial charge is 0.351 e. The van der Waals surface area contributed by atoms with Crippen molar-refractivity contribution in [2.75, 3.05) is 6.54 Å². The van der Waals surface area contributed by atoms with Crippen LogP contribution >= 0.6 is 0 Å². The minimum absolute atomic E-state index is 0.694. The average molecular weight is 234 g/mol. The predicted octanol–water partition coefficient (Wildman–Crippen LogP) is 1.53. The Hall–Kier alpha value is -1.62. The standard InChI is InChI=1S/C12H18N4O/c1-3-16-8-4-5-11(16)9-13-7-6-12-14-10(2)15-17-12/h4-5,8,13H,3,6-7,9H2,1-2H3. The molecule has 0 aliphatic carbocycles. The van der Waals surface area contributed by atoms with Crippen LogP contribution < -0.4 is 5.32 Å². The zero-order valence-corrected chi connectivity index (χ0v) is 10.3. The van der Waals surface area contributed by atoms with Gasteiger partial charge in [-0.05, 0) is 26.0 Å². The van der Waals surface area contributed by atoms with Crippen LogP contribution in [0.5, 0.6) is 0 Å². The lowest BCUT2D eigenvalue weighted by atomic mass is 10.3. The third-order valence-electron chi connectivity index (χ3n) is 2.66. The molecule has 92 valence electrons. The van der Waals surface area contributed by atoms with Gasteiger partial charge in [0.05, 0.1) is 0 Å². The van der Waals surface area contributed by atoms with Crippen LogP contribution in [0.2, 0.25) is 0 Å². The fourth-order valence-electron chi connectivity index (χ4n) is 1.77. The summed E-state index contributed by atoms with van der Waals surface area (Å²) in [4.78, 5) is 4.16. The molecule has 2 rings (SSSR count). The van der Waals surface area contributed by atoms with E-state index >= 15 is 0 Å². The normalized spacial score (nSPS) is 10.9. The van der Waals surface area contributed by atoms with Crippen LogP contribution in [0.1, 0.15) is 24.3 Å². The summed E-state index contributed by atoms with van der Waals surface area (Å²) in [7, 11) is 0. The lowest BCUT2D eigenvalue weighted by Gasteiger charge is -2.06. The van der Waals surface area contributed by atoms with Crippen LogP contribution in [0.3, 0.4) is 0 Å². The lowest BCUT2D eigenvalue weighted by Crippen LogP contribution is -2.18. The van der Waals surface area contributed by atoms with Crippen LogP contribution in [0, 0.1) is 6.92 Å². The zero-order chi connectivity index (χ0) is 12.1. The molecule has 17 heavy (non-hydrogen) atoms. The van der Waals surface area contributed by atoms with Gasteiger partial charge < -0.3 is 14.4 Å². The molecule has 0 saturated carbocycles. The molecule has 0 amide bonds. The summed E-state index contributed by atoms with van der Waals surface area (Å²) in [5, 5.41) is 7.13. The molecule has 0 aliphatic heterocycles. The molecule has 2 aromatic heterocycles. The van der Waals surface area contributed by atoms with Crippen LogP contribution in [0.25, 0.3) is 0 Å². The molecule has 0 aliphatic rings. The van der Waals surface area contributed by atoms with E-state index in [9.17, 15) is 0 Å². The van der Waals surface area contributed by atoms with Gasteiger partial charge in [-0.1, -0.05) is 5.16 Å². The highest BCUT2D eigenvalue weighted by Gasteiger charge is 2.02. The van der Waals surface area contributed by atoms with Gasteiger partial charge in [-0.3, -0.25) is 0 Å². The third-order valence-corrected chi connectivity index (χ3v) is 2.66. The highest BCUT2D eigenvalue weighted by Crippen LogP contribution is 2.01. The van der Waals surface area contributed by atoms with E-state index in [1.54, 1.807) is 0 Å². The first kappa shape index (κ1) is 11.9. The first-order valence-electron chi connectivity index (χ1n) is 5.93. The highest BCUT2D eigenvalue weighted by molar-refractivity contribution is 5.06. The van der Waals surface area contributed by atoms with Crippen molar-refractivity contribution in [1.29, 1.82) is 0 Å². The van der Waals surface area contributed by atoms with Crippen molar-refractivity contribution < 1.29 is 4.52 Å². The van der Waals surface area contributed by atoms with Gasteiger partial charge in [0.25, 0.3) is 0 Å². The van der Waals surface area contributed by atoms with Crippen molar-refractivity contribution in [1.82, 2.24) is 20.0 Å². The number of rotatable bonds is 6. The van der Waals surface area contributed by atoms with Gasteiger partial charge in [-0.25, -0.2) is 0 Å². The Bertz CT molecular complexity index is 461. The molecule has 0 bridgehead atoms. The van der Waals surface area contributed by atoms with Crippen molar-refractivity contribution in [3.05, 3.63) is 35.7 Å². The molecule has 0 fully saturated rings. The second kappa shape index (κ2) is 5.63.